The van der Waals surface area contributed by atoms with Crippen molar-refractivity contribution in [2.75, 3.05) is 0 Å². The summed E-state index contributed by atoms with van der Waals surface area (Å²) in [5.41, 5.74) is 3.03. The van der Waals surface area contributed by atoms with Gasteiger partial charge >= 0.3 is 0 Å². The van der Waals surface area contributed by atoms with Crippen LogP contribution in [-0.4, -0.2) is 15.6 Å². The number of Topliss-reactive ketones (excluding diaryl/α,β-unsaturated/α-hetero) is 1. The van der Waals surface area contributed by atoms with Crippen LogP contribution in [0.1, 0.15) is 27.9 Å². The number of carbonyl (C=O) groups is 1. The molecule has 0 atom stereocenters. The molecule has 20 heavy (non-hydrogen) atoms. The zero-order valence-corrected chi connectivity index (χ0v) is 12.4. The molecule has 0 fully saturated rings. The van der Waals surface area contributed by atoms with Gasteiger partial charge in [-0.15, -0.1) is 11.3 Å². The summed E-state index contributed by atoms with van der Waals surface area (Å²) in [5.74, 6) is 0.156. The highest BCUT2D eigenvalue weighted by Crippen LogP contribution is 2.22. The Labute approximate surface area is 121 Å². The predicted molar refractivity (Wildman–Crippen MR) is 82.5 cm³/mol. The molecule has 2 heterocycles. The van der Waals surface area contributed by atoms with Crippen molar-refractivity contribution in [1.29, 1.82) is 0 Å². The Hall–Kier alpha value is -1.94. The molecule has 0 aliphatic carbocycles. The third kappa shape index (κ3) is 2.16. The van der Waals surface area contributed by atoms with Gasteiger partial charge in [-0.3, -0.25) is 9.48 Å². The first-order chi connectivity index (χ1) is 9.70. The Kier molecular flexibility index (Phi) is 3.40. The monoisotopic (exact) mass is 284 g/mol. The minimum Gasteiger partial charge on any atom is -0.293 e. The molecule has 102 valence electrons. The number of thiophene rings is 1. The van der Waals surface area contributed by atoms with Crippen LogP contribution >= 0.6 is 11.3 Å². The van der Waals surface area contributed by atoms with Crippen molar-refractivity contribution < 1.29 is 4.79 Å². The van der Waals surface area contributed by atoms with Crippen molar-refractivity contribution in [2.45, 2.75) is 26.8 Å². The van der Waals surface area contributed by atoms with E-state index in [1.54, 1.807) is 0 Å². The van der Waals surface area contributed by atoms with Gasteiger partial charge in [0.05, 0.1) is 22.5 Å². The summed E-state index contributed by atoms with van der Waals surface area (Å²) in [6.07, 6.45) is 0.370. The summed E-state index contributed by atoms with van der Waals surface area (Å²) < 4.78 is 1.96. The average Bonchev–Trinajstić information content (AvgIpc) is 3.03. The van der Waals surface area contributed by atoms with Gasteiger partial charge < -0.3 is 0 Å². The van der Waals surface area contributed by atoms with Crippen molar-refractivity contribution in [3.63, 3.8) is 0 Å². The second-order valence-corrected chi connectivity index (χ2v) is 5.73. The molecule has 0 radical (unpaired) electrons. The van der Waals surface area contributed by atoms with Crippen molar-refractivity contribution in [3.05, 3.63) is 51.8 Å². The highest BCUT2D eigenvalue weighted by molar-refractivity contribution is 7.12. The van der Waals surface area contributed by atoms with E-state index in [2.05, 4.69) is 18.1 Å². The molecule has 0 saturated heterocycles. The topological polar surface area (TPSA) is 34.9 Å². The molecule has 0 aliphatic rings. The Morgan fingerprint density at radius 2 is 2.10 bits per heavy atom. The number of aryl methyl sites for hydroxylation is 2. The van der Waals surface area contributed by atoms with E-state index in [-0.39, 0.29) is 5.78 Å². The Bertz CT molecular complexity index is 770. The molecule has 3 rings (SSSR count). The minimum atomic E-state index is 0.156. The van der Waals surface area contributed by atoms with E-state index >= 15 is 0 Å². The molecule has 1 aromatic carbocycles. The van der Waals surface area contributed by atoms with E-state index < -0.39 is 0 Å². The Morgan fingerprint density at radius 3 is 2.80 bits per heavy atom. The van der Waals surface area contributed by atoms with Crippen molar-refractivity contribution in [1.82, 2.24) is 9.78 Å². The van der Waals surface area contributed by atoms with Crippen LogP contribution in [0.2, 0.25) is 0 Å². The maximum atomic E-state index is 12.4. The number of hydrogen-bond donors (Lipinski definition) is 0. The molecule has 0 bridgehead atoms. The normalized spacial score (nSPS) is 11.1. The number of carbonyl (C=O) groups excluding carboxylic acids is 1. The first-order valence-corrected chi connectivity index (χ1v) is 7.60. The number of fused-ring (bicyclic) bond motifs is 1. The molecule has 0 unspecified atom stereocenters. The van der Waals surface area contributed by atoms with Gasteiger partial charge in [-0.1, -0.05) is 18.2 Å². The van der Waals surface area contributed by atoms with Gasteiger partial charge in [0.2, 0.25) is 0 Å². The summed E-state index contributed by atoms with van der Waals surface area (Å²) in [4.78, 5) is 13.2. The van der Waals surface area contributed by atoms with Crippen molar-refractivity contribution >= 4 is 28.0 Å². The standard InChI is InChI=1S/C16H16N2OS/c1-3-18-14-7-5-4-6-12(14)13(17-18)10-15(19)16-11(2)8-9-20-16/h4-9H,3,10H2,1-2H3. The maximum Gasteiger partial charge on any atom is 0.179 e. The van der Waals surface area contributed by atoms with Crippen LogP contribution in [0, 0.1) is 6.92 Å². The molecule has 3 nitrogen and oxygen atoms in total. The van der Waals surface area contributed by atoms with Gasteiger partial charge in [-0.25, -0.2) is 0 Å². The molecular weight excluding hydrogens is 268 g/mol. The third-order valence-corrected chi connectivity index (χ3v) is 4.53. The lowest BCUT2D eigenvalue weighted by atomic mass is 10.1. The molecule has 0 amide bonds. The number of ketones is 1. The largest absolute Gasteiger partial charge is 0.293 e. The average molecular weight is 284 g/mol. The lowest BCUT2D eigenvalue weighted by molar-refractivity contribution is 0.0995. The summed E-state index contributed by atoms with van der Waals surface area (Å²) in [5, 5.41) is 7.63. The van der Waals surface area contributed by atoms with Crippen LogP contribution in [0.25, 0.3) is 10.9 Å². The second-order valence-electron chi connectivity index (χ2n) is 4.81. The minimum absolute atomic E-state index is 0.156. The van der Waals surface area contributed by atoms with E-state index in [1.807, 2.05) is 41.3 Å². The van der Waals surface area contributed by atoms with E-state index in [0.717, 1.165) is 33.6 Å². The van der Waals surface area contributed by atoms with Crippen LogP contribution in [0.4, 0.5) is 0 Å². The zero-order valence-electron chi connectivity index (χ0n) is 11.6. The molecular formula is C16H16N2OS. The first kappa shape index (κ1) is 13.1. The van der Waals surface area contributed by atoms with E-state index in [1.165, 1.54) is 11.3 Å². The summed E-state index contributed by atoms with van der Waals surface area (Å²) >= 11 is 1.51. The van der Waals surface area contributed by atoms with Gasteiger partial charge in [0.1, 0.15) is 0 Å². The molecule has 3 aromatic rings. The highest BCUT2D eigenvalue weighted by atomic mass is 32.1. The zero-order chi connectivity index (χ0) is 14.1. The van der Waals surface area contributed by atoms with Crippen LogP contribution in [-0.2, 0) is 13.0 Å². The Morgan fingerprint density at radius 1 is 1.30 bits per heavy atom. The van der Waals surface area contributed by atoms with Gasteiger partial charge in [-0.05, 0) is 36.9 Å². The van der Waals surface area contributed by atoms with Crippen molar-refractivity contribution in [2.24, 2.45) is 0 Å². The number of para-hydroxylation sites is 1. The molecule has 4 heteroatoms. The second kappa shape index (κ2) is 5.21. The van der Waals surface area contributed by atoms with Crippen LogP contribution < -0.4 is 0 Å². The van der Waals surface area contributed by atoms with E-state index in [9.17, 15) is 4.79 Å². The number of aromatic nitrogens is 2. The highest BCUT2D eigenvalue weighted by Gasteiger charge is 2.16. The summed E-state index contributed by atoms with van der Waals surface area (Å²) in [7, 11) is 0. The number of rotatable bonds is 4. The predicted octanol–water partition coefficient (Wildman–Crippen LogP) is 3.85. The van der Waals surface area contributed by atoms with Crippen molar-refractivity contribution in [3.8, 4) is 0 Å². The first-order valence-electron chi connectivity index (χ1n) is 6.72. The fourth-order valence-electron chi connectivity index (χ4n) is 2.46. The molecule has 2 aromatic heterocycles. The van der Waals surface area contributed by atoms with Gasteiger partial charge in [0.25, 0.3) is 0 Å². The SMILES string of the molecule is CCn1nc(CC(=O)c2sccc2C)c2ccccc21. The molecule has 0 saturated carbocycles. The van der Waals surface area contributed by atoms with E-state index in [0.29, 0.717) is 6.42 Å². The van der Waals surface area contributed by atoms with Gasteiger partial charge in [0.15, 0.2) is 5.78 Å². The lowest BCUT2D eigenvalue weighted by Gasteiger charge is -1.98. The maximum absolute atomic E-state index is 12.4. The lowest BCUT2D eigenvalue weighted by Crippen LogP contribution is -2.05. The van der Waals surface area contributed by atoms with Crippen LogP contribution in [0.5, 0.6) is 0 Å². The molecule has 0 N–H and O–H groups in total. The summed E-state index contributed by atoms with van der Waals surface area (Å²) in [6.45, 7) is 4.85. The smallest absolute Gasteiger partial charge is 0.179 e. The van der Waals surface area contributed by atoms with Crippen LogP contribution in [0.15, 0.2) is 35.7 Å². The van der Waals surface area contributed by atoms with Gasteiger partial charge in [-0.2, -0.15) is 5.10 Å². The Balaban J connectivity index is 1.99. The number of nitrogens with zero attached hydrogens (tertiary/aromatic N) is 2. The van der Waals surface area contributed by atoms with Gasteiger partial charge in [0, 0.05) is 11.9 Å². The third-order valence-electron chi connectivity index (χ3n) is 3.48. The van der Waals surface area contributed by atoms with Crippen LogP contribution in [0.3, 0.4) is 0 Å². The number of hydrogen-bond acceptors (Lipinski definition) is 3. The quantitative estimate of drug-likeness (QED) is 0.682. The van der Waals surface area contributed by atoms with E-state index in [4.69, 9.17) is 0 Å². The fourth-order valence-corrected chi connectivity index (χ4v) is 3.32. The summed E-state index contributed by atoms with van der Waals surface area (Å²) in [6, 6.07) is 10.1. The molecule has 0 spiro atoms. The number of benzene rings is 1. The molecule has 0 aliphatic heterocycles. The fraction of sp³-hybridized carbons (Fsp3) is 0.250.